The van der Waals surface area contributed by atoms with E-state index in [1.54, 1.807) is 6.20 Å². The monoisotopic (exact) mass is 127 g/mol. The molecular weight excluding hydrogens is 118 g/mol. The first-order valence-corrected chi connectivity index (χ1v) is 2.27. The molecule has 0 aromatic carbocycles. The standard InChI is InChI=1S/C6H7N.H2S/c1-6-4-2-3-5-7-6;/h2-5H,1H3;1H2. The van der Waals surface area contributed by atoms with Gasteiger partial charge in [0, 0.05) is 11.9 Å². The van der Waals surface area contributed by atoms with Crippen LogP contribution in [0.3, 0.4) is 0 Å². The zero-order chi connectivity index (χ0) is 5.11. The Morgan fingerprint density at radius 3 is 2.38 bits per heavy atom. The summed E-state index contributed by atoms with van der Waals surface area (Å²) >= 11 is 0. The molecule has 0 N–H and O–H groups in total. The number of aryl methyl sites for hydroxylation is 1. The lowest BCUT2D eigenvalue weighted by Gasteiger charge is -1.82. The van der Waals surface area contributed by atoms with Crippen LogP contribution in [-0.4, -0.2) is 4.98 Å². The van der Waals surface area contributed by atoms with Crippen molar-refractivity contribution in [2.75, 3.05) is 0 Å². The fraction of sp³-hybridized carbons (Fsp3) is 0.167. The van der Waals surface area contributed by atoms with Gasteiger partial charge in [0.05, 0.1) is 0 Å². The van der Waals surface area contributed by atoms with Gasteiger partial charge >= 0.3 is 0 Å². The van der Waals surface area contributed by atoms with Crippen molar-refractivity contribution in [2.24, 2.45) is 0 Å². The van der Waals surface area contributed by atoms with Gasteiger partial charge in [0.25, 0.3) is 0 Å². The highest BCUT2D eigenvalue weighted by molar-refractivity contribution is 7.59. The highest BCUT2D eigenvalue weighted by Gasteiger charge is 1.73. The molecule has 0 aliphatic carbocycles. The molecule has 0 spiro atoms. The van der Waals surface area contributed by atoms with Crippen LogP contribution >= 0.6 is 13.5 Å². The maximum atomic E-state index is 3.98. The van der Waals surface area contributed by atoms with E-state index in [0.29, 0.717) is 0 Å². The van der Waals surface area contributed by atoms with Crippen LogP contribution in [0.4, 0.5) is 0 Å². The average molecular weight is 127 g/mol. The lowest BCUT2D eigenvalue weighted by atomic mass is 10.4. The summed E-state index contributed by atoms with van der Waals surface area (Å²) in [5, 5.41) is 0. The second kappa shape index (κ2) is 3.50. The highest BCUT2D eigenvalue weighted by Crippen LogP contribution is 1.85. The van der Waals surface area contributed by atoms with Gasteiger partial charge in [-0.05, 0) is 19.1 Å². The second-order valence-electron chi connectivity index (χ2n) is 1.47. The van der Waals surface area contributed by atoms with Gasteiger partial charge in [-0.2, -0.15) is 13.5 Å². The summed E-state index contributed by atoms with van der Waals surface area (Å²) in [6, 6.07) is 5.86. The first-order valence-electron chi connectivity index (χ1n) is 2.27. The van der Waals surface area contributed by atoms with Crippen molar-refractivity contribution < 1.29 is 0 Å². The van der Waals surface area contributed by atoms with E-state index >= 15 is 0 Å². The third-order valence-electron chi connectivity index (χ3n) is 0.813. The van der Waals surface area contributed by atoms with Crippen LogP contribution < -0.4 is 0 Å². The Bertz CT molecular complexity index is 138. The lowest BCUT2D eigenvalue weighted by molar-refractivity contribution is 1.20. The molecule has 1 aromatic rings. The number of pyridine rings is 1. The van der Waals surface area contributed by atoms with Crippen LogP contribution in [0.15, 0.2) is 24.4 Å². The Balaban J connectivity index is 0.000000490. The summed E-state index contributed by atoms with van der Waals surface area (Å²) < 4.78 is 0. The molecule has 1 nitrogen and oxygen atoms in total. The number of aromatic nitrogens is 1. The van der Waals surface area contributed by atoms with Crippen LogP contribution in [0.1, 0.15) is 5.69 Å². The summed E-state index contributed by atoms with van der Waals surface area (Å²) in [5.74, 6) is 0. The third kappa shape index (κ3) is 1.98. The molecule has 1 aromatic heterocycles. The van der Waals surface area contributed by atoms with Gasteiger partial charge in [-0.3, -0.25) is 4.98 Å². The predicted molar refractivity (Wildman–Crippen MR) is 39.4 cm³/mol. The van der Waals surface area contributed by atoms with E-state index in [2.05, 4.69) is 4.98 Å². The quantitative estimate of drug-likeness (QED) is 0.514. The van der Waals surface area contributed by atoms with Gasteiger partial charge < -0.3 is 0 Å². The molecule has 0 saturated heterocycles. The van der Waals surface area contributed by atoms with Crippen LogP contribution in [-0.2, 0) is 0 Å². The van der Waals surface area contributed by atoms with Gasteiger partial charge in [-0.15, -0.1) is 0 Å². The first-order chi connectivity index (χ1) is 3.39. The molecule has 0 aliphatic heterocycles. The minimum absolute atomic E-state index is 0. The summed E-state index contributed by atoms with van der Waals surface area (Å²) in [5.41, 5.74) is 1.07. The SMILES string of the molecule is Cc1ccccn1.S. The molecule has 8 heavy (non-hydrogen) atoms. The minimum Gasteiger partial charge on any atom is -0.262 e. The van der Waals surface area contributed by atoms with Gasteiger partial charge in [-0.25, -0.2) is 0 Å². The third-order valence-corrected chi connectivity index (χ3v) is 0.813. The predicted octanol–water partition coefficient (Wildman–Crippen LogP) is 1.50. The van der Waals surface area contributed by atoms with Crippen molar-refractivity contribution in [3.8, 4) is 0 Å². The number of hydrogen-bond donors (Lipinski definition) is 0. The topological polar surface area (TPSA) is 12.9 Å². The summed E-state index contributed by atoms with van der Waals surface area (Å²) in [4.78, 5) is 3.98. The number of hydrogen-bond acceptors (Lipinski definition) is 1. The van der Waals surface area contributed by atoms with Crippen LogP contribution in [0, 0.1) is 6.92 Å². The molecule has 44 valence electrons. The van der Waals surface area contributed by atoms with Crippen molar-refractivity contribution >= 4 is 13.5 Å². The van der Waals surface area contributed by atoms with Crippen molar-refractivity contribution in [2.45, 2.75) is 6.92 Å². The van der Waals surface area contributed by atoms with Gasteiger partial charge in [0.15, 0.2) is 0 Å². The normalized spacial score (nSPS) is 7.62. The number of rotatable bonds is 0. The molecule has 2 heteroatoms. The molecule has 0 bridgehead atoms. The summed E-state index contributed by atoms with van der Waals surface area (Å²) in [6.07, 6.45) is 1.79. The molecule has 1 heterocycles. The maximum Gasteiger partial charge on any atom is 0.0372 e. The highest BCUT2D eigenvalue weighted by atomic mass is 32.1. The van der Waals surface area contributed by atoms with E-state index in [1.807, 2.05) is 25.1 Å². The molecule has 1 rings (SSSR count). The van der Waals surface area contributed by atoms with E-state index in [1.165, 1.54) is 0 Å². The Hall–Kier alpha value is -0.500. The number of nitrogens with zero attached hydrogens (tertiary/aromatic N) is 1. The molecule has 0 saturated carbocycles. The molecule has 0 radical (unpaired) electrons. The maximum absolute atomic E-state index is 3.98. The lowest BCUT2D eigenvalue weighted by Crippen LogP contribution is -1.72. The molecule has 0 atom stereocenters. The van der Waals surface area contributed by atoms with E-state index in [9.17, 15) is 0 Å². The van der Waals surface area contributed by atoms with Crippen molar-refractivity contribution in [1.82, 2.24) is 4.98 Å². The molecule has 0 amide bonds. The Morgan fingerprint density at radius 1 is 1.38 bits per heavy atom. The zero-order valence-corrected chi connectivity index (χ0v) is 5.76. The smallest absolute Gasteiger partial charge is 0.0372 e. The summed E-state index contributed by atoms with van der Waals surface area (Å²) in [6.45, 7) is 1.97. The summed E-state index contributed by atoms with van der Waals surface area (Å²) in [7, 11) is 0. The van der Waals surface area contributed by atoms with Crippen LogP contribution in [0.25, 0.3) is 0 Å². The van der Waals surface area contributed by atoms with Crippen molar-refractivity contribution in [3.05, 3.63) is 30.1 Å². The van der Waals surface area contributed by atoms with E-state index in [4.69, 9.17) is 0 Å². The van der Waals surface area contributed by atoms with E-state index < -0.39 is 0 Å². The van der Waals surface area contributed by atoms with Gasteiger partial charge in [-0.1, -0.05) is 6.07 Å². The molecule has 0 unspecified atom stereocenters. The van der Waals surface area contributed by atoms with E-state index in [-0.39, 0.29) is 13.5 Å². The first kappa shape index (κ1) is 7.50. The molecule has 0 fully saturated rings. The fourth-order valence-electron chi connectivity index (χ4n) is 0.448. The van der Waals surface area contributed by atoms with Gasteiger partial charge in [0.1, 0.15) is 0 Å². The minimum atomic E-state index is 0. The van der Waals surface area contributed by atoms with Crippen LogP contribution in [0.5, 0.6) is 0 Å². The zero-order valence-electron chi connectivity index (χ0n) is 4.76. The fourth-order valence-corrected chi connectivity index (χ4v) is 0.448. The molecular formula is C6H9NS. The Labute approximate surface area is 56.2 Å². The molecule has 0 aliphatic rings. The van der Waals surface area contributed by atoms with Gasteiger partial charge in [0.2, 0.25) is 0 Å². The van der Waals surface area contributed by atoms with Crippen LogP contribution in [0.2, 0.25) is 0 Å². The largest absolute Gasteiger partial charge is 0.262 e. The second-order valence-corrected chi connectivity index (χ2v) is 1.47. The van der Waals surface area contributed by atoms with Crippen molar-refractivity contribution in [3.63, 3.8) is 0 Å². The van der Waals surface area contributed by atoms with E-state index in [0.717, 1.165) is 5.69 Å². The Morgan fingerprint density at radius 2 is 2.12 bits per heavy atom. The Kier molecular flexibility index (Phi) is 3.28. The van der Waals surface area contributed by atoms with Crippen molar-refractivity contribution in [1.29, 1.82) is 0 Å². The average Bonchev–Trinajstić information content (AvgIpc) is 1.69.